The molecule has 5 heteroatoms. The molecule has 1 N–H and O–H groups in total. The molecule has 22 heavy (non-hydrogen) atoms. The lowest BCUT2D eigenvalue weighted by molar-refractivity contribution is -0.00501. The summed E-state index contributed by atoms with van der Waals surface area (Å²) in [5, 5.41) is 10.3. The molecule has 0 radical (unpaired) electrons. The molecule has 1 atom stereocenters. The van der Waals surface area contributed by atoms with Crippen molar-refractivity contribution in [2.45, 2.75) is 49.8 Å². The van der Waals surface area contributed by atoms with Gasteiger partial charge in [0, 0.05) is 31.6 Å². The van der Waals surface area contributed by atoms with Crippen LogP contribution in [0.25, 0.3) is 0 Å². The van der Waals surface area contributed by atoms with Crippen LogP contribution in [0.1, 0.15) is 32.3 Å². The van der Waals surface area contributed by atoms with E-state index in [1.54, 1.807) is 19.0 Å². The Labute approximate surface area is 137 Å². The molecule has 0 spiro atoms. The normalized spacial score (nSPS) is 19.4. The molecule has 1 aromatic rings. The van der Waals surface area contributed by atoms with E-state index in [1.165, 1.54) is 17.3 Å². The highest BCUT2D eigenvalue weighted by atomic mass is 32.2. The molecule has 1 aromatic carbocycles. The van der Waals surface area contributed by atoms with Crippen molar-refractivity contribution in [3.63, 3.8) is 0 Å². The number of aliphatic hydroxyl groups is 1. The van der Waals surface area contributed by atoms with E-state index in [0.29, 0.717) is 0 Å². The summed E-state index contributed by atoms with van der Waals surface area (Å²) >= 11 is 1.24. The van der Waals surface area contributed by atoms with Gasteiger partial charge in [0.15, 0.2) is 0 Å². The monoisotopic (exact) mass is 322 g/mol. The van der Waals surface area contributed by atoms with E-state index in [0.717, 1.165) is 30.8 Å². The van der Waals surface area contributed by atoms with Crippen LogP contribution >= 0.6 is 11.8 Å². The van der Waals surface area contributed by atoms with Crippen molar-refractivity contribution in [3.8, 4) is 0 Å². The first-order chi connectivity index (χ1) is 10.3. The van der Waals surface area contributed by atoms with Gasteiger partial charge >= 0.3 is 0 Å². The Bertz CT molecular complexity index is 508. The van der Waals surface area contributed by atoms with Crippen LogP contribution in [0, 0.1) is 0 Å². The van der Waals surface area contributed by atoms with Crippen molar-refractivity contribution in [2.75, 3.05) is 20.6 Å². The lowest BCUT2D eigenvalue weighted by Crippen LogP contribution is -2.45. The molecular weight excluding hydrogens is 296 g/mol. The molecule has 0 aliphatic carbocycles. The molecule has 1 fully saturated rings. The smallest absolute Gasteiger partial charge is 0.285 e. The quantitative estimate of drug-likeness (QED) is 0.865. The van der Waals surface area contributed by atoms with Gasteiger partial charge in [-0.2, -0.15) is 0 Å². The summed E-state index contributed by atoms with van der Waals surface area (Å²) in [6, 6.07) is 8.36. The molecule has 4 nitrogen and oxygen atoms in total. The van der Waals surface area contributed by atoms with Gasteiger partial charge in [-0.1, -0.05) is 12.1 Å². The van der Waals surface area contributed by atoms with E-state index in [2.05, 4.69) is 17.0 Å². The van der Waals surface area contributed by atoms with Gasteiger partial charge in [-0.15, -0.1) is 0 Å². The summed E-state index contributed by atoms with van der Waals surface area (Å²) in [6.07, 6.45) is 2.19. The van der Waals surface area contributed by atoms with Crippen LogP contribution < -0.4 is 0 Å². The average Bonchev–Trinajstić information content (AvgIpc) is 2.89. The minimum Gasteiger partial charge on any atom is -0.389 e. The number of hydrogen-bond acceptors (Lipinski definition) is 4. The zero-order valence-electron chi connectivity index (χ0n) is 13.9. The van der Waals surface area contributed by atoms with Crippen LogP contribution in [0.3, 0.4) is 0 Å². The number of thioether (sulfide) groups is 1. The molecule has 1 unspecified atom stereocenters. The molecule has 0 aromatic heterocycles. The number of amides is 1. The molecule has 1 aliphatic heterocycles. The Kier molecular flexibility index (Phi) is 5.53. The fraction of sp³-hybridized carbons (Fsp3) is 0.588. The van der Waals surface area contributed by atoms with Gasteiger partial charge in [0.2, 0.25) is 0 Å². The third kappa shape index (κ3) is 4.48. The topological polar surface area (TPSA) is 43.8 Å². The summed E-state index contributed by atoms with van der Waals surface area (Å²) in [5.74, 6) is 0. The molecule has 2 rings (SSSR count). The van der Waals surface area contributed by atoms with Gasteiger partial charge in [0.25, 0.3) is 5.24 Å². The molecule has 0 saturated carbocycles. The Balaban J connectivity index is 1.98. The van der Waals surface area contributed by atoms with Crippen LogP contribution in [-0.4, -0.2) is 52.4 Å². The second-order valence-corrected chi connectivity index (χ2v) is 7.71. The Morgan fingerprint density at radius 3 is 2.55 bits per heavy atom. The maximum Gasteiger partial charge on any atom is 0.285 e. The van der Waals surface area contributed by atoms with Crippen molar-refractivity contribution in [1.29, 1.82) is 0 Å². The summed E-state index contributed by atoms with van der Waals surface area (Å²) in [4.78, 5) is 16.6. The SMILES string of the molecule is CN(C)C(=O)Sc1ccc(CN2CCCC2C(C)(C)O)cc1. The predicted molar refractivity (Wildman–Crippen MR) is 91.1 cm³/mol. The van der Waals surface area contributed by atoms with Crippen molar-refractivity contribution >= 4 is 17.0 Å². The highest BCUT2D eigenvalue weighted by Crippen LogP contribution is 2.29. The number of carbonyl (C=O) groups excluding carboxylic acids is 1. The third-order valence-electron chi connectivity index (χ3n) is 4.06. The van der Waals surface area contributed by atoms with Crippen LogP contribution in [0.5, 0.6) is 0 Å². The summed E-state index contributed by atoms with van der Waals surface area (Å²) in [6.45, 7) is 5.66. The number of rotatable bonds is 4. The maximum absolute atomic E-state index is 11.7. The number of likely N-dealkylation sites (tertiary alicyclic amines) is 1. The number of hydrogen-bond donors (Lipinski definition) is 1. The first kappa shape index (κ1) is 17.3. The molecular formula is C17H26N2O2S. The summed E-state index contributed by atoms with van der Waals surface area (Å²) in [7, 11) is 3.52. The lowest BCUT2D eigenvalue weighted by atomic mass is 9.96. The average molecular weight is 322 g/mol. The van der Waals surface area contributed by atoms with Gasteiger partial charge < -0.3 is 10.0 Å². The van der Waals surface area contributed by atoms with Gasteiger partial charge in [-0.3, -0.25) is 9.69 Å². The largest absolute Gasteiger partial charge is 0.389 e. The minimum absolute atomic E-state index is 0.0365. The molecule has 1 aliphatic rings. The van der Waals surface area contributed by atoms with E-state index < -0.39 is 5.60 Å². The Morgan fingerprint density at radius 1 is 1.36 bits per heavy atom. The first-order valence-electron chi connectivity index (χ1n) is 7.72. The molecule has 0 bridgehead atoms. The van der Waals surface area contributed by atoms with Crippen LogP contribution in [0.2, 0.25) is 0 Å². The third-order valence-corrected chi connectivity index (χ3v) is 5.11. The number of nitrogens with zero attached hydrogens (tertiary/aromatic N) is 2. The first-order valence-corrected chi connectivity index (χ1v) is 8.53. The molecule has 1 amide bonds. The van der Waals surface area contributed by atoms with Gasteiger partial charge in [-0.05, 0) is 62.7 Å². The van der Waals surface area contributed by atoms with Gasteiger partial charge in [0.05, 0.1) is 5.60 Å². The highest BCUT2D eigenvalue weighted by Gasteiger charge is 2.35. The van der Waals surface area contributed by atoms with Crippen LogP contribution in [0.15, 0.2) is 29.2 Å². The second kappa shape index (κ2) is 7.02. The predicted octanol–water partition coefficient (Wildman–Crippen LogP) is 3.20. The fourth-order valence-corrected chi connectivity index (χ4v) is 3.56. The van der Waals surface area contributed by atoms with Crippen LogP contribution in [-0.2, 0) is 6.54 Å². The Hall–Kier alpha value is -1.04. The van der Waals surface area contributed by atoms with E-state index >= 15 is 0 Å². The number of carbonyl (C=O) groups is 1. The lowest BCUT2D eigenvalue weighted by Gasteiger charge is -2.33. The molecule has 1 saturated heterocycles. The maximum atomic E-state index is 11.7. The Morgan fingerprint density at radius 2 is 2.00 bits per heavy atom. The van der Waals surface area contributed by atoms with Crippen molar-refractivity contribution in [2.24, 2.45) is 0 Å². The molecule has 122 valence electrons. The second-order valence-electron chi connectivity index (χ2n) is 6.69. The molecule has 1 heterocycles. The zero-order chi connectivity index (χ0) is 16.3. The summed E-state index contributed by atoms with van der Waals surface area (Å²) < 4.78 is 0. The van der Waals surface area contributed by atoms with Crippen LogP contribution in [0.4, 0.5) is 4.79 Å². The number of benzene rings is 1. The van der Waals surface area contributed by atoms with E-state index in [9.17, 15) is 9.90 Å². The highest BCUT2D eigenvalue weighted by molar-refractivity contribution is 8.13. The standard InChI is InChI=1S/C17H26N2O2S/c1-17(2,21)15-6-5-11-19(15)12-13-7-9-14(10-8-13)22-16(20)18(3)4/h7-10,15,21H,5-6,11-12H2,1-4H3. The van der Waals surface area contributed by atoms with Crippen molar-refractivity contribution < 1.29 is 9.90 Å². The van der Waals surface area contributed by atoms with E-state index in [1.807, 2.05) is 26.0 Å². The minimum atomic E-state index is -0.662. The fourth-order valence-electron chi connectivity index (χ4n) is 2.90. The van der Waals surface area contributed by atoms with E-state index in [4.69, 9.17) is 0 Å². The van der Waals surface area contributed by atoms with E-state index in [-0.39, 0.29) is 11.3 Å². The van der Waals surface area contributed by atoms with Gasteiger partial charge in [0.1, 0.15) is 0 Å². The van der Waals surface area contributed by atoms with Gasteiger partial charge in [-0.25, -0.2) is 0 Å². The van der Waals surface area contributed by atoms with Crippen molar-refractivity contribution in [3.05, 3.63) is 29.8 Å². The van der Waals surface area contributed by atoms with Crippen molar-refractivity contribution in [1.82, 2.24) is 9.80 Å². The zero-order valence-corrected chi connectivity index (χ0v) is 14.7. The summed E-state index contributed by atoms with van der Waals surface area (Å²) in [5.41, 5.74) is 0.558.